The van der Waals surface area contributed by atoms with Crippen molar-refractivity contribution < 1.29 is 14.3 Å². The van der Waals surface area contributed by atoms with Gasteiger partial charge < -0.3 is 10.1 Å². The maximum absolute atomic E-state index is 11.9. The van der Waals surface area contributed by atoms with E-state index in [1.807, 2.05) is 6.92 Å². The summed E-state index contributed by atoms with van der Waals surface area (Å²) < 4.78 is 4.94. The molecule has 0 saturated carbocycles. The number of anilines is 1. The minimum absolute atomic E-state index is 0.195. The maximum atomic E-state index is 11.9. The van der Waals surface area contributed by atoms with Crippen LogP contribution in [0.2, 0.25) is 15.1 Å². The minimum atomic E-state index is -0.589. The minimum Gasteiger partial charge on any atom is -0.452 e. The molecule has 120 valence electrons. The first-order chi connectivity index (χ1) is 10.9. The number of halogens is 3. The van der Waals surface area contributed by atoms with Crippen LogP contribution in [0.1, 0.15) is 15.9 Å². The van der Waals surface area contributed by atoms with Crippen molar-refractivity contribution >= 4 is 52.4 Å². The number of esters is 1. The number of carbonyl (C=O) groups is 2. The molecule has 0 radical (unpaired) electrons. The number of hydrogen-bond donors (Lipinski definition) is 1. The first kappa shape index (κ1) is 17.6. The third-order valence-corrected chi connectivity index (χ3v) is 3.71. The molecule has 0 aliphatic heterocycles. The van der Waals surface area contributed by atoms with E-state index in [1.165, 1.54) is 12.1 Å². The second kappa shape index (κ2) is 7.68. The molecule has 0 aromatic heterocycles. The summed E-state index contributed by atoms with van der Waals surface area (Å²) in [5, 5.41) is 3.22. The standard InChI is InChI=1S/C16H12Cl3NO3/c1-9-2-4-10(5-3-9)16(22)23-8-14(21)20-15-12(18)6-11(17)7-13(15)19/h2-7H,8H2,1H3,(H,20,21). The lowest BCUT2D eigenvalue weighted by atomic mass is 10.1. The molecule has 0 heterocycles. The van der Waals surface area contributed by atoms with E-state index in [9.17, 15) is 9.59 Å². The Morgan fingerprint density at radius 1 is 1.04 bits per heavy atom. The molecule has 0 fully saturated rings. The summed E-state index contributed by atoms with van der Waals surface area (Å²) in [5.41, 5.74) is 1.60. The molecule has 23 heavy (non-hydrogen) atoms. The second-order valence-corrected chi connectivity index (χ2v) is 5.99. The van der Waals surface area contributed by atoms with Gasteiger partial charge in [0.05, 0.1) is 21.3 Å². The van der Waals surface area contributed by atoms with Crippen molar-refractivity contribution in [3.8, 4) is 0 Å². The van der Waals surface area contributed by atoms with Gasteiger partial charge in [-0.2, -0.15) is 0 Å². The van der Waals surface area contributed by atoms with Crippen LogP contribution in [0.5, 0.6) is 0 Å². The van der Waals surface area contributed by atoms with Crippen LogP contribution in [0.25, 0.3) is 0 Å². The Labute approximate surface area is 148 Å². The molecular formula is C16H12Cl3NO3. The fourth-order valence-electron chi connectivity index (χ4n) is 1.74. The molecule has 0 bridgehead atoms. The van der Waals surface area contributed by atoms with Crippen LogP contribution in [0.4, 0.5) is 5.69 Å². The molecule has 4 nitrogen and oxygen atoms in total. The van der Waals surface area contributed by atoms with Gasteiger partial charge in [-0.15, -0.1) is 0 Å². The van der Waals surface area contributed by atoms with Crippen molar-refractivity contribution in [3.05, 3.63) is 62.6 Å². The van der Waals surface area contributed by atoms with Crippen molar-refractivity contribution in [2.75, 3.05) is 11.9 Å². The molecular weight excluding hydrogens is 361 g/mol. The Bertz CT molecular complexity index is 722. The van der Waals surface area contributed by atoms with E-state index in [2.05, 4.69) is 5.32 Å². The average Bonchev–Trinajstić information content (AvgIpc) is 2.49. The lowest BCUT2D eigenvalue weighted by Gasteiger charge is -2.10. The van der Waals surface area contributed by atoms with Crippen LogP contribution in [-0.4, -0.2) is 18.5 Å². The normalized spacial score (nSPS) is 10.3. The zero-order valence-corrected chi connectivity index (χ0v) is 14.3. The van der Waals surface area contributed by atoms with E-state index < -0.39 is 18.5 Å². The Hall–Kier alpha value is -1.75. The van der Waals surface area contributed by atoms with Crippen LogP contribution >= 0.6 is 34.8 Å². The van der Waals surface area contributed by atoms with Crippen LogP contribution in [0, 0.1) is 6.92 Å². The third-order valence-electron chi connectivity index (χ3n) is 2.89. The highest BCUT2D eigenvalue weighted by atomic mass is 35.5. The summed E-state index contributed by atoms with van der Waals surface area (Å²) in [6.45, 7) is 1.45. The first-order valence-electron chi connectivity index (χ1n) is 6.55. The number of ether oxygens (including phenoxy) is 1. The number of benzene rings is 2. The van der Waals surface area contributed by atoms with Gasteiger partial charge in [-0.3, -0.25) is 4.79 Å². The van der Waals surface area contributed by atoms with E-state index in [0.29, 0.717) is 10.6 Å². The highest BCUT2D eigenvalue weighted by Gasteiger charge is 2.14. The molecule has 1 N–H and O–H groups in total. The average molecular weight is 373 g/mol. The summed E-state index contributed by atoms with van der Waals surface area (Å²) in [4.78, 5) is 23.7. The molecule has 2 aromatic carbocycles. The number of carbonyl (C=O) groups excluding carboxylic acids is 2. The van der Waals surface area contributed by atoms with Gasteiger partial charge in [-0.1, -0.05) is 52.5 Å². The molecule has 0 atom stereocenters. The van der Waals surface area contributed by atoms with Gasteiger partial charge in [0.1, 0.15) is 0 Å². The van der Waals surface area contributed by atoms with E-state index >= 15 is 0 Å². The van der Waals surface area contributed by atoms with E-state index in [4.69, 9.17) is 39.5 Å². The fourth-order valence-corrected chi connectivity index (χ4v) is 2.65. The zero-order valence-electron chi connectivity index (χ0n) is 12.0. The van der Waals surface area contributed by atoms with Gasteiger partial charge in [0.2, 0.25) is 0 Å². The fraction of sp³-hybridized carbons (Fsp3) is 0.125. The molecule has 7 heteroatoms. The Balaban J connectivity index is 1.95. The first-order valence-corrected chi connectivity index (χ1v) is 7.68. The summed E-state index contributed by atoms with van der Waals surface area (Å²) >= 11 is 17.7. The summed E-state index contributed by atoms with van der Waals surface area (Å²) in [7, 11) is 0. The topological polar surface area (TPSA) is 55.4 Å². The maximum Gasteiger partial charge on any atom is 0.338 e. The monoisotopic (exact) mass is 371 g/mol. The molecule has 0 aliphatic carbocycles. The summed E-state index contributed by atoms with van der Waals surface area (Å²) in [6.07, 6.45) is 0. The van der Waals surface area contributed by atoms with Gasteiger partial charge in [0, 0.05) is 5.02 Å². The summed E-state index contributed by atoms with van der Waals surface area (Å²) in [6, 6.07) is 9.71. The Morgan fingerprint density at radius 2 is 1.61 bits per heavy atom. The molecule has 0 saturated heterocycles. The highest BCUT2D eigenvalue weighted by molar-refractivity contribution is 6.42. The van der Waals surface area contributed by atoms with Crippen molar-refractivity contribution in [1.82, 2.24) is 0 Å². The quantitative estimate of drug-likeness (QED) is 0.788. The number of amides is 1. The molecule has 1 amide bonds. The van der Waals surface area contributed by atoms with Crippen LogP contribution in [-0.2, 0) is 9.53 Å². The van der Waals surface area contributed by atoms with Crippen molar-refractivity contribution in [2.45, 2.75) is 6.92 Å². The largest absolute Gasteiger partial charge is 0.452 e. The Morgan fingerprint density at radius 3 is 2.17 bits per heavy atom. The van der Waals surface area contributed by atoms with E-state index in [-0.39, 0.29) is 15.7 Å². The predicted octanol–water partition coefficient (Wildman–Crippen LogP) is 4.75. The van der Waals surface area contributed by atoms with Crippen molar-refractivity contribution in [3.63, 3.8) is 0 Å². The van der Waals surface area contributed by atoms with Gasteiger partial charge >= 0.3 is 5.97 Å². The number of nitrogens with one attached hydrogen (secondary N) is 1. The molecule has 2 rings (SSSR count). The third kappa shape index (κ3) is 4.86. The molecule has 2 aromatic rings. The van der Waals surface area contributed by atoms with E-state index in [1.54, 1.807) is 24.3 Å². The van der Waals surface area contributed by atoms with Gasteiger partial charge in [0.15, 0.2) is 6.61 Å². The smallest absolute Gasteiger partial charge is 0.338 e. The number of rotatable bonds is 4. The number of aryl methyl sites for hydroxylation is 1. The summed E-state index contributed by atoms with van der Waals surface area (Å²) in [5.74, 6) is -1.15. The van der Waals surface area contributed by atoms with Crippen LogP contribution in [0.3, 0.4) is 0 Å². The lowest BCUT2D eigenvalue weighted by Crippen LogP contribution is -2.21. The SMILES string of the molecule is Cc1ccc(C(=O)OCC(=O)Nc2c(Cl)cc(Cl)cc2Cl)cc1. The van der Waals surface area contributed by atoms with Gasteiger partial charge in [0.25, 0.3) is 5.91 Å². The van der Waals surface area contributed by atoms with Crippen molar-refractivity contribution in [1.29, 1.82) is 0 Å². The van der Waals surface area contributed by atoms with E-state index in [0.717, 1.165) is 5.56 Å². The molecule has 0 spiro atoms. The van der Waals surface area contributed by atoms with Crippen LogP contribution < -0.4 is 5.32 Å². The van der Waals surface area contributed by atoms with Crippen LogP contribution in [0.15, 0.2) is 36.4 Å². The second-order valence-electron chi connectivity index (χ2n) is 4.73. The number of hydrogen-bond acceptors (Lipinski definition) is 3. The molecule has 0 unspecified atom stereocenters. The zero-order chi connectivity index (χ0) is 17.0. The highest BCUT2D eigenvalue weighted by Crippen LogP contribution is 2.33. The van der Waals surface area contributed by atoms with Crippen molar-refractivity contribution in [2.24, 2.45) is 0 Å². The van der Waals surface area contributed by atoms with Gasteiger partial charge in [-0.05, 0) is 31.2 Å². The lowest BCUT2D eigenvalue weighted by molar-refractivity contribution is -0.119. The Kier molecular flexibility index (Phi) is 5.88. The predicted molar refractivity (Wildman–Crippen MR) is 91.6 cm³/mol. The molecule has 0 aliphatic rings. The van der Waals surface area contributed by atoms with Gasteiger partial charge in [-0.25, -0.2) is 4.79 Å².